The lowest BCUT2D eigenvalue weighted by Crippen LogP contribution is -2.09. The zero-order chi connectivity index (χ0) is 6.69. The highest BCUT2D eigenvalue weighted by molar-refractivity contribution is 8.03. The van der Waals surface area contributed by atoms with E-state index in [2.05, 4.69) is 12.2 Å². The summed E-state index contributed by atoms with van der Waals surface area (Å²) in [6.45, 7) is 2.07. The zero-order valence-corrected chi connectivity index (χ0v) is 6.07. The zero-order valence-electron chi connectivity index (χ0n) is 5.26. The molecule has 3 heteroatoms. The second-order valence-electron chi connectivity index (χ2n) is 1.91. The topological polar surface area (TPSA) is 29.1 Å². The van der Waals surface area contributed by atoms with Gasteiger partial charge in [-0.3, -0.25) is 0 Å². The van der Waals surface area contributed by atoms with Gasteiger partial charge >= 0.3 is 0 Å². The highest BCUT2D eigenvalue weighted by atomic mass is 32.2. The predicted octanol–water partition coefficient (Wildman–Crippen LogP) is 1.10. The van der Waals surface area contributed by atoms with E-state index in [9.17, 15) is 4.79 Å². The van der Waals surface area contributed by atoms with E-state index in [4.69, 9.17) is 0 Å². The van der Waals surface area contributed by atoms with Crippen LogP contribution in [0.25, 0.3) is 0 Å². The lowest BCUT2D eigenvalue weighted by atomic mass is 10.4. The summed E-state index contributed by atoms with van der Waals surface area (Å²) < 4.78 is 0. The van der Waals surface area contributed by atoms with Crippen LogP contribution in [0.5, 0.6) is 0 Å². The van der Waals surface area contributed by atoms with Crippen molar-refractivity contribution < 1.29 is 4.79 Å². The molecule has 1 unspecified atom stereocenters. The van der Waals surface area contributed by atoms with Crippen LogP contribution in [0.15, 0.2) is 11.1 Å². The summed E-state index contributed by atoms with van der Waals surface area (Å²) in [5.41, 5.74) is 0. The first-order valence-corrected chi connectivity index (χ1v) is 3.76. The van der Waals surface area contributed by atoms with Crippen molar-refractivity contribution >= 4 is 18.0 Å². The Morgan fingerprint density at radius 2 is 2.78 bits per heavy atom. The Labute approximate surface area is 58.7 Å². The molecule has 1 aliphatic heterocycles. The number of carbonyl (C=O) groups excluding carboxylic acids is 1. The molecule has 0 bridgehead atoms. The van der Waals surface area contributed by atoms with E-state index in [0.29, 0.717) is 11.8 Å². The minimum Gasteiger partial charge on any atom is -0.378 e. The average Bonchev–Trinajstić information content (AvgIpc) is 2.17. The molecule has 2 nitrogen and oxygen atoms in total. The maximum Gasteiger partial charge on any atom is 0.124 e. The van der Waals surface area contributed by atoms with Crippen LogP contribution in [0.1, 0.15) is 13.3 Å². The van der Waals surface area contributed by atoms with Crippen molar-refractivity contribution in [2.24, 2.45) is 0 Å². The highest BCUT2D eigenvalue weighted by Gasteiger charge is 2.10. The first-order chi connectivity index (χ1) is 4.33. The quantitative estimate of drug-likeness (QED) is 0.587. The van der Waals surface area contributed by atoms with Crippen molar-refractivity contribution in [3.8, 4) is 0 Å². The maximum atomic E-state index is 9.99. The highest BCUT2D eigenvalue weighted by Crippen LogP contribution is 2.26. The lowest BCUT2D eigenvalue weighted by molar-refractivity contribution is -0.107. The lowest BCUT2D eigenvalue weighted by Gasteiger charge is -1.98. The Morgan fingerprint density at radius 3 is 3.22 bits per heavy atom. The Kier molecular flexibility index (Phi) is 2.16. The second-order valence-corrected chi connectivity index (χ2v) is 3.38. The van der Waals surface area contributed by atoms with Crippen molar-refractivity contribution in [3.63, 3.8) is 0 Å². The number of hydrogen-bond acceptors (Lipinski definition) is 3. The molecule has 1 aliphatic rings. The predicted molar refractivity (Wildman–Crippen MR) is 39.0 cm³/mol. The van der Waals surface area contributed by atoms with E-state index in [1.807, 2.05) is 6.20 Å². The van der Waals surface area contributed by atoms with Gasteiger partial charge < -0.3 is 10.1 Å². The Morgan fingerprint density at radius 1 is 2.00 bits per heavy atom. The van der Waals surface area contributed by atoms with E-state index in [1.165, 1.54) is 0 Å². The molecule has 0 radical (unpaired) electrons. The number of hydrogen-bond donors (Lipinski definition) is 1. The molecule has 50 valence electrons. The van der Waals surface area contributed by atoms with Gasteiger partial charge in [0.1, 0.15) is 6.29 Å². The molecule has 0 aliphatic carbocycles. The van der Waals surface area contributed by atoms with E-state index in [0.717, 1.165) is 11.2 Å². The summed E-state index contributed by atoms with van der Waals surface area (Å²) in [5, 5.41) is 3.54. The van der Waals surface area contributed by atoms with Crippen LogP contribution in [-0.4, -0.2) is 11.7 Å². The van der Waals surface area contributed by atoms with Crippen LogP contribution in [0.4, 0.5) is 0 Å². The van der Waals surface area contributed by atoms with Gasteiger partial charge in [-0.15, -0.1) is 11.8 Å². The molecule has 0 spiro atoms. The fraction of sp³-hybridized carbons (Fsp3) is 0.500. The summed E-state index contributed by atoms with van der Waals surface area (Å²) in [6, 6.07) is 0. The Hall–Kier alpha value is -0.440. The Balaban J connectivity index is 2.35. The van der Waals surface area contributed by atoms with Gasteiger partial charge in [0, 0.05) is 17.5 Å². The van der Waals surface area contributed by atoms with Gasteiger partial charge in [-0.25, -0.2) is 0 Å². The van der Waals surface area contributed by atoms with Gasteiger partial charge in [0.2, 0.25) is 0 Å². The molecule has 1 heterocycles. The fourth-order valence-corrected chi connectivity index (χ4v) is 1.59. The number of thioether (sulfide) groups is 1. The third kappa shape index (κ3) is 1.75. The summed E-state index contributed by atoms with van der Waals surface area (Å²) in [7, 11) is 0. The molecule has 1 N–H and O–H groups in total. The van der Waals surface area contributed by atoms with Gasteiger partial charge in [0.05, 0.1) is 5.37 Å². The summed E-state index contributed by atoms with van der Waals surface area (Å²) >= 11 is 1.71. The summed E-state index contributed by atoms with van der Waals surface area (Å²) in [5.74, 6) is 0. The largest absolute Gasteiger partial charge is 0.378 e. The third-order valence-electron chi connectivity index (χ3n) is 1.09. The summed E-state index contributed by atoms with van der Waals surface area (Å²) in [4.78, 5) is 11.1. The first-order valence-electron chi connectivity index (χ1n) is 2.88. The van der Waals surface area contributed by atoms with Gasteiger partial charge in [-0.1, -0.05) is 0 Å². The summed E-state index contributed by atoms with van der Waals surface area (Å²) in [6.07, 6.45) is 3.39. The van der Waals surface area contributed by atoms with Crippen molar-refractivity contribution in [2.45, 2.75) is 18.7 Å². The average molecular weight is 143 g/mol. The standard InChI is InChI=1S/C6H9NOS/c1-5-7-4-6(9-5)2-3-8/h3-5,7H,2H2,1H3. The van der Waals surface area contributed by atoms with Crippen LogP contribution in [0.3, 0.4) is 0 Å². The van der Waals surface area contributed by atoms with Gasteiger partial charge in [-0.05, 0) is 6.92 Å². The molecule has 0 aromatic heterocycles. The number of allylic oxidation sites excluding steroid dienone is 1. The van der Waals surface area contributed by atoms with E-state index in [-0.39, 0.29) is 0 Å². The third-order valence-corrected chi connectivity index (χ3v) is 2.17. The number of aldehydes is 1. The van der Waals surface area contributed by atoms with E-state index >= 15 is 0 Å². The van der Waals surface area contributed by atoms with Gasteiger partial charge in [0.15, 0.2) is 0 Å². The number of rotatable bonds is 2. The first kappa shape index (κ1) is 6.68. The molecular weight excluding hydrogens is 134 g/mol. The van der Waals surface area contributed by atoms with Gasteiger partial charge in [-0.2, -0.15) is 0 Å². The van der Waals surface area contributed by atoms with Gasteiger partial charge in [0.25, 0.3) is 0 Å². The normalized spacial score (nSPS) is 25.0. The second kappa shape index (κ2) is 2.92. The number of carbonyl (C=O) groups is 1. The fourth-order valence-electron chi connectivity index (χ4n) is 0.695. The minimum absolute atomic E-state index is 0.444. The monoisotopic (exact) mass is 143 g/mol. The maximum absolute atomic E-state index is 9.99. The van der Waals surface area contributed by atoms with E-state index in [1.54, 1.807) is 11.8 Å². The van der Waals surface area contributed by atoms with Crippen LogP contribution in [0.2, 0.25) is 0 Å². The molecule has 1 atom stereocenters. The van der Waals surface area contributed by atoms with Crippen molar-refractivity contribution in [1.82, 2.24) is 5.32 Å². The van der Waals surface area contributed by atoms with Crippen molar-refractivity contribution in [2.75, 3.05) is 0 Å². The Bertz CT molecular complexity index is 144. The smallest absolute Gasteiger partial charge is 0.124 e. The van der Waals surface area contributed by atoms with Crippen LogP contribution >= 0.6 is 11.8 Å². The van der Waals surface area contributed by atoms with Crippen molar-refractivity contribution in [1.29, 1.82) is 0 Å². The molecule has 1 rings (SSSR count). The molecule has 0 aromatic carbocycles. The van der Waals surface area contributed by atoms with Crippen LogP contribution in [-0.2, 0) is 4.79 Å². The molecule has 0 saturated heterocycles. The molecule has 0 fully saturated rings. The minimum atomic E-state index is 0.444. The van der Waals surface area contributed by atoms with Crippen molar-refractivity contribution in [3.05, 3.63) is 11.1 Å². The number of nitrogens with one attached hydrogen (secondary N) is 1. The van der Waals surface area contributed by atoms with E-state index < -0.39 is 0 Å². The SMILES string of the molecule is CC1NC=C(CC=O)S1. The molecule has 0 saturated carbocycles. The molecule has 0 aromatic rings. The van der Waals surface area contributed by atoms with Crippen LogP contribution in [0, 0.1) is 0 Å². The molecular formula is C6H9NOS. The van der Waals surface area contributed by atoms with Crippen LogP contribution < -0.4 is 5.32 Å². The molecule has 9 heavy (non-hydrogen) atoms. The molecule has 0 amide bonds.